The lowest BCUT2D eigenvalue weighted by Gasteiger charge is -2.25. The largest absolute Gasteiger partial charge is 0.378 e. The zero-order valence-corrected chi connectivity index (χ0v) is 12.9. The number of rotatable bonds is 1. The van der Waals surface area contributed by atoms with Crippen molar-refractivity contribution in [3.8, 4) is 0 Å². The zero-order chi connectivity index (χ0) is 13.2. The van der Waals surface area contributed by atoms with Crippen LogP contribution in [-0.2, 0) is 17.8 Å². The third-order valence-electron chi connectivity index (χ3n) is 3.48. The summed E-state index contributed by atoms with van der Waals surface area (Å²) < 4.78 is 9.49. The van der Waals surface area contributed by atoms with E-state index >= 15 is 0 Å². The fourth-order valence-corrected chi connectivity index (χ4v) is 3.15. The molecular formula is C12H17IN4O2. The Bertz CT molecular complexity index is 470. The van der Waals surface area contributed by atoms with Crippen LogP contribution in [0, 0.1) is 0 Å². The van der Waals surface area contributed by atoms with Crippen LogP contribution in [0.1, 0.15) is 22.6 Å². The summed E-state index contributed by atoms with van der Waals surface area (Å²) in [5.74, 6) is 0.0314. The van der Waals surface area contributed by atoms with Crippen LogP contribution in [-0.4, -0.2) is 56.5 Å². The van der Waals surface area contributed by atoms with Gasteiger partial charge in [0.05, 0.1) is 25.5 Å². The Morgan fingerprint density at radius 1 is 1.26 bits per heavy atom. The molecule has 6 nitrogen and oxygen atoms in total. The molecule has 0 bridgehead atoms. The molecule has 104 valence electrons. The van der Waals surface area contributed by atoms with E-state index < -0.39 is 0 Å². The Labute approximate surface area is 126 Å². The maximum atomic E-state index is 12.4. The van der Waals surface area contributed by atoms with Crippen LogP contribution in [0.2, 0.25) is 0 Å². The van der Waals surface area contributed by atoms with Crippen molar-refractivity contribution in [2.75, 3.05) is 32.8 Å². The van der Waals surface area contributed by atoms with Crippen LogP contribution < -0.4 is 0 Å². The lowest BCUT2D eigenvalue weighted by atomic mass is 10.3. The molecule has 1 fully saturated rings. The van der Waals surface area contributed by atoms with Crippen molar-refractivity contribution in [1.29, 1.82) is 0 Å². The van der Waals surface area contributed by atoms with Gasteiger partial charge in [-0.25, -0.2) is 3.11 Å². The van der Waals surface area contributed by atoms with Crippen molar-refractivity contribution < 1.29 is 9.53 Å². The van der Waals surface area contributed by atoms with Crippen molar-refractivity contribution in [2.45, 2.75) is 19.5 Å². The predicted molar refractivity (Wildman–Crippen MR) is 78.0 cm³/mol. The van der Waals surface area contributed by atoms with Gasteiger partial charge in [0.25, 0.3) is 5.91 Å². The minimum absolute atomic E-state index is 0.0314. The summed E-state index contributed by atoms with van der Waals surface area (Å²) in [6.07, 6.45) is 1.07. The van der Waals surface area contributed by atoms with E-state index in [-0.39, 0.29) is 5.91 Å². The Morgan fingerprint density at radius 2 is 2.05 bits per heavy atom. The molecule has 3 heterocycles. The third kappa shape index (κ3) is 2.92. The summed E-state index contributed by atoms with van der Waals surface area (Å²) in [5.41, 5.74) is 1.70. The molecule has 1 aromatic rings. The summed E-state index contributed by atoms with van der Waals surface area (Å²) >= 11 is 2.33. The van der Waals surface area contributed by atoms with E-state index in [1.807, 2.05) is 15.6 Å². The van der Waals surface area contributed by atoms with Gasteiger partial charge in [0.1, 0.15) is 0 Å². The summed E-state index contributed by atoms with van der Waals surface area (Å²) in [4.78, 5) is 14.2. The molecule has 1 amide bonds. The fraction of sp³-hybridized carbons (Fsp3) is 0.667. The summed E-state index contributed by atoms with van der Waals surface area (Å²) in [5, 5.41) is 4.47. The molecule has 0 unspecified atom stereocenters. The molecule has 0 aliphatic carbocycles. The standard InChI is InChI=1S/C12H17IN4O2/c13-16-2-1-3-17-10(9-16)8-11(14-17)12(18)15-4-6-19-7-5-15/h8H,1-7,9H2. The molecule has 1 saturated heterocycles. The maximum absolute atomic E-state index is 12.4. The Kier molecular flexibility index (Phi) is 4.04. The first-order chi connectivity index (χ1) is 9.24. The number of ether oxygens (including phenoxy) is 1. The second-order valence-corrected chi connectivity index (χ2v) is 6.21. The highest BCUT2D eigenvalue weighted by Crippen LogP contribution is 2.17. The highest BCUT2D eigenvalue weighted by molar-refractivity contribution is 14.1. The molecule has 3 rings (SSSR count). The maximum Gasteiger partial charge on any atom is 0.274 e. The molecular weight excluding hydrogens is 359 g/mol. The average Bonchev–Trinajstić information content (AvgIpc) is 2.74. The first-order valence-electron chi connectivity index (χ1n) is 6.58. The van der Waals surface area contributed by atoms with Crippen LogP contribution in [0.5, 0.6) is 0 Å². The van der Waals surface area contributed by atoms with Gasteiger partial charge in [-0.2, -0.15) is 5.10 Å². The summed E-state index contributed by atoms with van der Waals surface area (Å²) in [6.45, 7) is 5.40. The van der Waals surface area contributed by atoms with Crippen molar-refractivity contribution in [1.82, 2.24) is 17.8 Å². The second kappa shape index (κ2) is 5.76. The molecule has 2 aliphatic heterocycles. The molecule has 0 atom stereocenters. The average molecular weight is 376 g/mol. The number of fused-ring (bicyclic) bond motifs is 1. The van der Waals surface area contributed by atoms with Crippen molar-refractivity contribution in [3.63, 3.8) is 0 Å². The second-order valence-electron chi connectivity index (χ2n) is 4.85. The lowest BCUT2D eigenvalue weighted by molar-refractivity contribution is 0.0298. The molecule has 0 saturated carbocycles. The zero-order valence-electron chi connectivity index (χ0n) is 10.7. The number of morpholine rings is 1. The fourth-order valence-electron chi connectivity index (χ4n) is 2.46. The van der Waals surface area contributed by atoms with Gasteiger partial charge in [0.15, 0.2) is 5.69 Å². The number of carbonyl (C=O) groups is 1. The van der Waals surface area contributed by atoms with Gasteiger partial charge in [0, 0.05) is 49.0 Å². The van der Waals surface area contributed by atoms with E-state index in [1.54, 1.807) is 0 Å². The Hall–Kier alpha value is -0.670. The predicted octanol–water partition coefficient (Wildman–Crippen LogP) is 0.911. The number of aromatic nitrogens is 2. The van der Waals surface area contributed by atoms with E-state index in [2.05, 4.69) is 31.1 Å². The first kappa shape index (κ1) is 13.3. The molecule has 0 aromatic carbocycles. The van der Waals surface area contributed by atoms with Gasteiger partial charge in [-0.1, -0.05) is 0 Å². The third-order valence-corrected chi connectivity index (χ3v) is 4.31. The van der Waals surface area contributed by atoms with E-state index in [1.165, 1.54) is 0 Å². The molecule has 7 heteroatoms. The van der Waals surface area contributed by atoms with Gasteiger partial charge in [-0.05, 0) is 12.5 Å². The monoisotopic (exact) mass is 376 g/mol. The van der Waals surface area contributed by atoms with E-state index in [9.17, 15) is 4.79 Å². The summed E-state index contributed by atoms with van der Waals surface area (Å²) in [7, 11) is 0. The quantitative estimate of drug-likeness (QED) is 0.540. The smallest absolute Gasteiger partial charge is 0.274 e. The van der Waals surface area contributed by atoms with Crippen LogP contribution in [0.25, 0.3) is 0 Å². The Balaban J connectivity index is 1.78. The first-order valence-corrected chi connectivity index (χ1v) is 7.55. The van der Waals surface area contributed by atoms with Gasteiger partial charge >= 0.3 is 0 Å². The van der Waals surface area contributed by atoms with E-state index in [4.69, 9.17) is 4.74 Å². The number of hydrogen-bond donors (Lipinski definition) is 0. The topological polar surface area (TPSA) is 50.6 Å². The highest BCUT2D eigenvalue weighted by Gasteiger charge is 2.23. The van der Waals surface area contributed by atoms with Crippen LogP contribution in [0.15, 0.2) is 6.07 Å². The molecule has 0 radical (unpaired) electrons. The number of nitrogens with zero attached hydrogens (tertiary/aromatic N) is 4. The number of amides is 1. The van der Waals surface area contributed by atoms with E-state index in [0.717, 1.165) is 31.7 Å². The number of aryl methyl sites for hydroxylation is 1. The normalized spacial score (nSPS) is 21.0. The molecule has 0 spiro atoms. The minimum atomic E-state index is 0.0314. The molecule has 1 aromatic heterocycles. The molecule has 2 aliphatic rings. The van der Waals surface area contributed by atoms with Crippen molar-refractivity contribution >= 4 is 28.8 Å². The SMILES string of the molecule is O=C(c1cc2n(n1)CCCN(I)C2)N1CCOCC1. The van der Waals surface area contributed by atoms with Gasteiger partial charge < -0.3 is 9.64 Å². The Morgan fingerprint density at radius 3 is 2.84 bits per heavy atom. The number of carbonyl (C=O) groups excluding carboxylic acids is 1. The molecule has 19 heavy (non-hydrogen) atoms. The van der Waals surface area contributed by atoms with Crippen molar-refractivity contribution in [2.24, 2.45) is 0 Å². The van der Waals surface area contributed by atoms with Gasteiger partial charge in [0.2, 0.25) is 0 Å². The van der Waals surface area contributed by atoms with Crippen LogP contribution >= 0.6 is 22.9 Å². The van der Waals surface area contributed by atoms with Gasteiger partial charge in [-0.15, -0.1) is 0 Å². The minimum Gasteiger partial charge on any atom is -0.378 e. The van der Waals surface area contributed by atoms with Crippen LogP contribution in [0.4, 0.5) is 0 Å². The van der Waals surface area contributed by atoms with E-state index in [0.29, 0.717) is 32.0 Å². The molecule has 0 N–H and O–H groups in total. The van der Waals surface area contributed by atoms with Gasteiger partial charge in [-0.3, -0.25) is 9.48 Å². The summed E-state index contributed by atoms with van der Waals surface area (Å²) in [6, 6.07) is 1.94. The van der Waals surface area contributed by atoms with Crippen LogP contribution in [0.3, 0.4) is 0 Å². The number of hydrogen-bond acceptors (Lipinski definition) is 4. The van der Waals surface area contributed by atoms with Crippen molar-refractivity contribution in [3.05, 3.63) is 17.5 Å². The number of halogens is 1. The lowest BCUT2D eigenvalue weighted by Crippen LogP contribution is -2.40. The highest BCUT2D eigenvalue weighted by atomic mass is 127.